The molecular formula is C19H25N3O4. The van der Waals surface area contributed by atoms with Crippen LogP contribution in [-0.4, -0.2) is 23.1 Å². The molecule has 7 nitrogen and oxygen atoms in total. The highest BCUT2D eigenvalue weighted by atomic mass is 16.6. The van der Waals surface area contributed by atoms with E-state index < -0.39 is 4.92 Å². The van der Waals surface area contributed by atoms with Gasteiger partial charge < -0.3 is 14.8 Å². The van der Waals surface area contributed by atoms with E-state index in [0.29, 0.717) is 19.0 Å². The lowest BCUT2D eigenvalue weighted by molar-refractivity contribution is -0.385. The molecular weight excluding hydrogens is 334 g/mol. The van der Waals surface area contributed by atoms with Crippen LogP contribution in [0.25, 0.3) is 0 Å². The molecule has 0 amide bonds. The van der Waals surface area contributed by atoms with Crippen molar-refractivity contribution >= 4 is 11.5 Å². The molecule has 1 aromatic heterocycles. The number of rotatable bonds is 10. The molecule has 0 bridgehead atoms. The number of anilines is 1. The van der Waals surface area contributed by atoms with Crippen molar-refractivity contribution in [1.29, 1.82) is 0 Å². The lowest BCUT2D eigenvalue weighted by Crippen LogP contribution is -2.09. The standard InChI is InChI=1S/C19H25N3O4/c1-4-10-25-17-8-6-15(12-18(17)26-11-5-2)14(3)21-19-9-7-16(13-20-19)22(23)24/h6-9,12-14H,4-5,10-11H2,1-3H3,(H,20,21)/t14-/m0/s1. The highest BCUT2D eigenvalue weighted by Gasteiger charge is 2.13. The van der Waals surface area contributed by atoms with Gasteiger partial charge in [0.05, 0.1) is 24.2 Å². The van der Waals surface area contributed by atoms with Crippen LogP contribution >= 0.6 is 0 Å². The van der Waals surface area contributed by atoms with E-state index in [0.717, 1.165) is 29.9 Å². The van der Waals surface area contributed by atoms with Gasteiger partial charge in [-0.3, -0.25) is 10.1 Å². The molecule has 0 aliphatic rings. The van der Waals surface area contributed by atoms with E-state index in [2.05, 4.69) is 24.1 Å². The maximum atomic E-state index is 10.7. The lowest BCUT2D eigenvalue weighted by Gasteiger charge is -2.18. The first-order chi connectivity index (χ1) is 12.5. The molecule has 0 spiro atoms. The minimum absolute atomic E-state index is 0.0316. The van der Waals surface area contributed by atoms with Crippen LogP contribution in [0.3, 0.4) is 0 Å². The predicted octanol–water partition coefficient (Wildman–Crippen LogP) is 4.74. The molecule has 0 fully saturated rings. The molecule has 1 aromatic carbocycles. The fourth-order valence-corrected chi connectivity index (χ4v) is 2.33. The van der Waals surface area contributed by atoms with Crippen LogP contribution < -0.4 is 14.8 Å². The molecule has 0 saturated carbocycles. The quantitative estimate of drug-likeness (QED) is 0.487. The van der Waals surface area contributed by atoms with Gasteiger partial charge in [-0.1, -0.05) is 19.9 Å². The summed E-state index contributed by atoms with van der Waals surface area (Å²) in [4.78, 5) is 14.3. The zero-order valence-electron chi connectivity index (χ0n) is 15.4. The Kier molecular flexibility index (Phi) is 7.20. The van der Waals surface area contributed by atoms with E-state index in [1.54, 1.807) is 6.07 Å². The Balaban J connectivity index is 2.13. The SMILES string of the molecule is CCCOc1ccc([C@H](C)Nc2ccc([N+](=O)[O-])cn2)cc1OCCC. The van der Waals surface area contributed by atoms with Gasteiger partial charge in [0.2, 0.25) is 0 Å². The summed E-state index contributed by atoms with van der Waals surface area (Å²) in [7, 11) is 0. The maximum absolute atomic E-state index is 10.7. The first-order valence-electron chi connectivity index (χ1n) is 8.81. The Hall–Kier alpha value is -2.83. The van der Waals surface area contributed by atoms with Crippen LogP contribution in [0, 0.1) is 10.1 Å². The van der Waals surface area contributed by atoms with Crippen LogP contribution in [0.2, 0.25) is 0 Å². The van der Waals surface area contributed by atoms with E-state index >= 15 is 0 Å². The summed E-state index contributed by atoms with van der Waals surface area (Å²) in [5, 5.41) is 13.9. The number of hydrogen-bond donors (Lipinski definition) is 1. The van der Waals surface area contributed by atoms with Gasteiger partial charge in [0.25, 0.3) is 5.69 Å². The largest absolute Gasteiger partial charge is 0.490 e. The second-order valence-corrected chi connectivity index (χ2v) is 5.93. The van der Waals surface area contributed by atoms with Gasteiger partial charge in [-0.25, -0.2) is 4.98 Å². The molecule has 0 aliphatic heterocycles. The molecule has 0 saturated heterocycles. The van der Waals surface area contributed by atoms with Crippen molar-refractivity contribution < 1.29 is 14.4 Å². The van der Waals surface area contributed by atoms with E-state index in [1.807, 2.05) is 25.1 Å². The Morgan fingerprint density at radius 1 is 1.12 bits per heavy atom. The van der Waals surface area contributed by atoms with Crippen LogP contribution in [0.15, 0.2) is 36.5 Å². The van der Waals surface area contributed by atoms with Crippen molar-refractivity contribution in [3.05, 3.63) is 52.2 Å². The van der Waals surface area contributed by atoms with Gasteiger partial charge in [-0.15, -0.1) is 0 Å². The minimum Gasteiger partial charge on any atom is -0.490 e. The summed E-state index contributed by atoms with van der Waals surface area (Å²) < 4.78 is 11.6. The smallest absolute Gasteiger partial charge is 0.287 e. The first-order valence-corrected chi connectivity index (χ1v) is 8.81. The third-order valence-electron chi connectivity index (χ3n) is 3.71. The zero-order chi connectivity index (χ0) is 18.9. The summed E-state index contributed by atoms with van der Waals surface area (Å²) in [5.74, 6) is 2.04. The summed E-state index contributed by atoms with van der Waals surface area (Å²) in [6.45, 7) is 7.37. The molecule has 1 atom stereocenters. The van der Waals surface area contributed by atoms with Gasteiger partial charge in [0, 0.05) is 6.07 Å². The molecule has 7 heteroatoms. The number of nitrogens with zero attached hydrogens (tertiary/aromatic N) is 2. The number of benzene rings is 1. The van der Waals surface area contributed by atoms with E-state index in [4.69, 9.17) is 9.47 Å². The number of aromatic nitrogens is 1. The summed E-state index contributed by atoms with van der Waals surface area (Å²) in [5.41, 5.74) is 0.982. The average Bonchev–Trinajstić information content (AvgIpc) is 2.65. The monoisotopic (exact) mass is 359 g/mol. The molecule has 140 valence electrons. The van der Waals surface area contributed by atoms with E-state index in [-0.39, 0.29) is 11.7 Å². The highest BCUT2D eigenvalue weighted by Crippen LogP contribution is 2.32. The highest BCUT2D eigenvalue weighted by molar-refractivity contribution is 5.47. The van der Waals surface area contributed by atoms with Crippen molar-refractivity contribution in [1.82, 2.24) is 4.98 Å². The second kappa shape index (κ2) is 9.60. The maximum Gasteiger partial charge on any atom is 0.287 e. The van der Waals surface area contributed by atoms with Crippen molar-refractivity contribution in [3.8, 4) is 11.5 Å². The normalized spacial score (nSPS) is 11.7. The lowest BCUT2D eigenvalue weighted by atomic mass is 10.1. The molecule has 1 heterocycles. The molecule has 1 N–H and O–H groups in total. The average molecular weight is 359 g/mol. The Bertz CT molecular complexity index is 719. The van der Waals surface area contributed by atoms with Gasteiger partial charge >= 0.3 is 0 Å². The van der Waals surface area contributed by atoms with Crippen molar-refractivity contribution in [2.75, 3.05) is 18.5 Å². The van der Waals surface area contributed by atoms with Gasteiger partial charge in [0.1, 0.15) is 12.0 Å². The number of hydrogen-bond acceptors (Lipinski definition) is 6. The van der Waals surface area contributed by atoms with Gasteiger partial charge in [0.15, 0.2) is 11.5 Å². The van der Waals surface area contributed by atoms with Crippen LogP contribution in [0.1, 0.15) is 45.2 Å². The fraction of sp³-hybridized carbons (Fsp3) is 0.421. The second-order valence-electron chi connectivity index (χ2n) is 5.93. The molecule has 26 heavy (non-hydrogen) atoms. The van der Waals surface area contributed by atoms with Crippen molar-refractivity contribution in [3.63, 3.8) is 0 Å². The van der Waals surface area contributed by atoms with Gasteiger partial charge in [-0.2, -0.15) is 0 Å². The Morgan fingerprint density at radius 3 is 2.38 bits per heavy atom. The Morgan fingerprint density at radius 2 is 1.81 bits per heavy atom. The van der Waals surface area contributed by atoms with Gasteiger partial charge in [-0.05, 0) is 43.5 Å². The van der Waals surface area contributed by atoms with Crippen LogP contribution in [-0.2, 0) is 0 Å². The number of nitrogens with one attached hydrogen (secondary N) is 1. The topological polar surface area (TPSA) is 86.5 Å². The minimum atomic E-state index is -0.466. The molecule has 0 aliphatic carbocycles. The molecule has 2 aromatic rings. The summed E-state index contributed by atoms with van der Waals surface area (Å²) in [6, 6.07) is 8.84. The van der Waals surface area contributed by atoms with Crippen LogP contribution in [0.4, 0.5) is 11.5 Å². The number of nitro groups is 1. The fourth-order valence-electron chi connectivity index (χ4n) is 2.33. The molecule has 2 rings (SSSR count). The third kappa shape index (κ3) is 5.34. The Labute approximate surface area is 153 Å². The molecule has 0 radical (unpaired) electrons. The predicted molar refractivity (Wildman–Crippen MR) is 101 cm³/mol. The summed E-state index contributed by atoms with van der Waals surface area (Å²) >= 11 is 0. The summed E-state index contributed by atoms with van der Waals surface area (Å²) in [6.07, 6.45) is 3.09. The number of pyridine rings is 1. The zero-order valence-corrected chi connectivity index (χ0v) is 15.4. The van der Waals surface area contributed by atoms with E-state index in [9.17, 15) is 10.1 Å². The third-order valence-corrected chi connectivity index (χ3v) is 3.71. The number of ether oxygens (including phenoxy) is 2. The molecule has 0 unspecified atom stereocenters. The van der Waals surface area contributed by atoms with E-state index in [1.165, 1.54) is 12.3 Å². The van der Waals surface area contributed by atoms with Crippen molar-refractivity contribution in [2.24, 2.45) is 0 Å². The van der Waals surface area contributed by atoms with Crippen molar-refractivity contribution in [2.45, 2.75) is 39.7 Å². The van der Waals surface area contributed by atoms with Crippen LogP contribution in [0.5, 0.6) is 11.5 Å². The first kappa shape index (κ1) is 19.5.